The monoisotopic (exact) mass is 389 g/mol. The molecule has 1 aromatic heterocycles. The summed E-state index contributed by atoms with van der Waals surface area (Å²) in [6.45, 7) is 8.62. The highest BCUT2D eigenvalue weighted by molar-refractivity contribution is 5.88. The third-order valence-corrected chi connectivity index (χ3v) is 5.62. The minimum atomic E-state index is -0.426. The SMILES string of the molecule is CCC[C@H](C)Nc1nc(N)c2c(n1)N(CCCCN1CCCCC1)C(C=O)N2. The van der Waals surface area contributed by atoms with Crippen LogP contribution in [0.25, 0.3) is 0 Å². The molecule has 0 spiro atoms. The van der Waals surface area contributed by atoms with Crippen LogP contribution < -0.4 is 21.3 Å². The van der Waals surface area contributed by atoms with Crippen molar-refractivity contribution >= 4 is 29.6 Å². The molecule has 1 unspecified atom stereocenters. The first-order valence-corrected chi connectivity index (χ1v) is 10.8. The van der Waals surface area contributed by atoms with Crippen molar-refractivity contribution in [2.45, 2.75) is 71.0 Å². The molecular weight excluding hydrogens is 354 g/mol. The second kappa shape index (κ2) is 9.91. The Kier molecular flexibility index (Phi) is 7.30. The Bertz CT molecular complexity index is 648. The molecule has 156 valence electrons. The van der Waals surface area contributed by atoms with Gasteiger partial charge in [0.05, 0.1) is 0 Å². The van der Waals surface area contributed by atoms with Gasteiger partial charge in [0.25, 0.3) is 0 Å². The number of nitrogens with two attached hydrogens (primary N) is 1. The molecule has 0 bridgehead atoms. The van der Waals surface area contributed by atoms with E-state index in [9.17, 15) is 4.79 Å². The lowest BCUT2D eigenvalue weighted by molar-refractivity contribution is -0.108. The van der Waals surface area contributed by atoms with Crippen LogP contribution in [0.5, 0.6) is 0 Å². The van der Waals surface area contributed by atoms with Crippen molar-refractivity contribution in [1.29, 1.82) is 0 Å². The first-order chi connectivity index (χ1) is 13.6. The van der Waals surface area contributed by atoms with Crippen molar-refractivity contribution in [2.24, 2.45) is 0 Å². The largest absolute Gasteiger partial charge is 0.382 e. The van der Waals surface area contributed by atoms with Crippen molar-refractivity contribution < 1.29 is 4.79 Å². The standard InChI is InChI=1S/C20H35N7O/c1-3-9-15(2)22-20-24-18(21)17-19(25-20)27(16(14-28)23-17)13-8-7-12-26-10-5-4-6-11-26/h14-16,23H,3-13H2,1-2H3,(H3,21,22,24,25)/t15-,16?/m0/s1. The number of carbonyl (C=O) groups is 1. The molecule has 0 amide bonds. The third-order valence-electron chi connectivity index (χ3n) is 5.62. The topological polar surface area (TPSA) is 99.4 Å². The molecule has 0 aliphatic carbocycles. The highest BCUT2D eigenvalue weighted by Crippen LogP contribution is 2.37. The smallest absolute Gasteiger partial charge is 0.226 e. The summed E-state index contributed by atoms with van der Waals surface area (Å²) in [7, 11) is 0. The van der Waals surface area contributed by atoms with Gasteiger partial charge in [-0.2, -0.15) is 9.97 Å². The van der Waals surface area contributed by atoms with Crippen LogP contribution in [0.15, 0.2) is 0 Å². The first-order valence-electron chi connectivity index (χ1n) is 10.8. The molecule has 3 heterocycles. The number of unbranched alkanes of at least 4 members (excludes halogenated alkanes) is 1. The van der Waals surface area contributed by atoms with Gasteiger partial charge in [-0.15, -0.1) is 0 Å². The zero-order valence-corrected chi connectivity index (χ0v) is 17.3. The van der Waals surface area contributed by atoms with E-state index >= 15 is 0 Å². The summed E-state index contributed by atoms with van der Waals surface area (Å²) in [5.74, 6) is 1.65. The summed E-state index contributed by atoms with van der Waals surface area (Å²) in [5.41, 5.74) is 6.82. The number of likely N-dealkylation sites (tertiary alicyclic amines) is 1. The third kappa shape index (κ3) is 5.04. The average Bonchev–Trinajstić information content (AvgIpc) is 3.04. The Morgan fingerprint density at radius 1 is 1.25 bits per heavy atom. The fourth-order valence-corrected chi connectivity index (χ4v) is 4.11. The molecule has 3 rings (SSSR count). The van der Waals surface area contributed by atoms with Crippen LogP contribution in [0.3, 0.4) is 0 Å². The lowest BCUT2D eigenvalue weighted by Gasteiger charge is -2.27. The number of carbonyl (C=O) groups excluding carboxylic acids is 1. The second-order valence-corrected chi connectivity index (χ2v) is 7.99. The molecule has 2 aliphatic rings. The van der Waals surface area contributed by atoms with Crippen molar-refractivity contribution in [2.75, 3.05) is 47.4 Å². The number of nitrogens with one attached hydrogen (secondary N) is 2. The summed E-state index contributed by atoms with van der Waals surface area (Å²) in [4.78, 5) is 25.2. The molecule has 1 aromatic rings. The number of nitrogen functional groups attached to an aromatic ring is 1. The van der Waals surface area contributed by atoms with Crippen LogP contribution in [-0.2, 0) is 4.79 Å². The van der Waals surface area contributed by atoms with Crippen molar-refractivity contribution in [3.63, 3.8) is 0 Å². The Morgan fingerprint density at radius 2 is 2.00 bits per heavy atom. The average molecular weight is 390 g/mol. The Labute approximate surface area is 168 Å². The van der Waals surface area contributed by atoms with E-state index in [2.05, 4.69) is 39.3 Å². The fourth-order valence-electron chi connectivity index (χ4n) is 4.11. The van der Waals surface area contributed by atoms with Crippen LogP contribution in [0.4, 0.5) is 23.3 Å². The zero-order valence-electron chi connectivity index (χ0n) is 17.3. The number of rotatable bonds is 10. The summed E-state index contributed by atoms with van der Waals surface area (Å²) in [6, 6.07) is 0.275. The quantitative estimate of drug-likeness (QED) is 0.415. The van der Waals surface area contributed by atoms with E-state index < -0.39 is 6.17 Å². The number of aldehydes is 1. The van der Waals surface area contributed by atoms with Gasteiger partial charge in [0.15, 0.2) is 24.1 Å². The van der Waals surface area contributed by atoms with Gasteiger partial charge < -0.3 is 26.2 Å². The predicted molar refractivity (Wildman–Crippen MR) is 115 cm³/mol. The van der Waals surface area contributed by atoms with E-state index in [1.165, 1.54) is 32.4 Å². The van der Waals surface area contributed by atoms with Crippen molar-refractivity contribution in [3.05, 3.63) is 0 Å². The van der Waals surface area contributed by atoms with Crippen LogP contribution in [0.1, 0.15) is 58.8 Å². The van der Waals surface area contributed by atoms with Gasteiger partial charge in [-0.1, -0.05) is 19.8 Å². The number of anilines is 4. The highest BCUT2D eigenvalue weighted by atomic mass is 16.1. The molecule has 28 heavy (non-hydrogen) atoms. The van der Waals surface area contributed by atoms with Crippen LogP contribution in [0.2, 0.25) is 0 Å². The molecule has 0 aromatic carbocycles. The van der Waals surface area contributed by atoms with Gasteiger partial charge in [0.1, 0.15) is 5.69 Å². The van der Waals surface area contributed by atoms with Crippen LogP contribution >= 0.6 is 0 Å². The first kappa shape index (κ1) is 20.6. The number of piperidine rings is 1. The van der Waals surface area contributed by atoms with E-state index in [0.29, 0.717) is 17.5 Å². The predicted octanol–water partition coefficient (Wildman–Crippen LogP) is 2.68. The van der Waals surface area contributed by atoms with E-state index in [0.717, 1.165) is 50.9 Å². The van der Waals surface area contributed by atoms with E-state index in [1.54, 1.807) is 0 Å². The molecule has 8 heteroatoms. The number of hydrogen-bond acceptors (Lipinski definition) is 8. The van der Waals surface area contributed by atoms with Gasteiger partial charge in [0, 0.05) is 12.6 Å². The summed E-state index contributed by atoms with van der Waals surface area (Å²) in [6.07, 6.45) is 8.75. The van der Waals surface area contributed by atoms with Gasteiger partial charge in [-0.3, -0.25) is 4.79 Å². The second-order valence-electron chi connectivity index (χ2n) is 7.99. The molecule has 0 saturated carbocycles. The van der Waals surface area contributed by atoms with Gasteiger partial charge in [0.2, 0.25) is 5.95 Å². The lowest BCUT2D eigenvalue weighted by atomic mass is 10.1. The molecule has 2 atom stereocenters. The summed E-state index contributed by atoms with van der Waals surface area (Å²) >= 11 is 0. The van der Waals surface area contributed by atoms with E-state index in [1.807, 2.05) is 4.90 Å². The maximum Gasteiger partial charge on any atom is 0.226 e. The maximum absolute atomic E-state index is 11.6. The maximum atomic E-state index is 11.6. The Morgan fingerprint density at radius 3 is 2.71 bits per heavy atom. The number of aromatic nitrogens is 2. The van der Waals surface area contributed by atoms with Gasteiger partial charge in [-0.05, 0) is 58.7 Å². The minimum absolute atomic E-state index is 0.275. The molecule has 2 aliphatic heterocycles. The Balaban J connectivity index is 1.62. The lowest BCUT2D eigenvalue weighted by Crippen LogP contribution is -2.38. The van der Waals surface area contributed by atoms with E-state index in [4.69, 9.17) is 5.73 Å². The van der Waals surface area contributed by atoms with E-state index in [-0.39, 0.29) is 6.04 Å². The summed E-state index contributed by atoms with van der Waals surface area (Å²) < 4.78 is 0. The minimum Gasteiger partial charge on any atom is -0.382 e. The van der Waals surface area contributed by atoms with Gasteiger partial charge in [-0.25, -0.2) is 0 Å². The van der Waals surface area contributed by atoms with Gasteiger partial charge >= 0.3 is 0 Å². The Hall–Kier alpha value is -2.09. The highest BCUT2D eigenvalue weighted by Gasteiger charge is 2.32. The van der Waals surface area contributed by atoms with Crippen molar-refractivity contribution in [3.8, 4) is 0 Å². The molecule has 8 nitrogen and oxygen atoms in total. The molecule has 4 N–H and O–H groups in total. The van der Waals surface area contributed by atoms with Crippen LogP contribution in [0, 0.1) is 0 Å². The summed E-state index contributed by atoms with van der Waals surface area (Å²) in [5, 5.41) is 6.49. The zero-order chi connectivity index (χ0) is 19.9. The number of hydrogen-bond donors (Lipinski definition) is 3. The fraction of sp³-hybridized carbons (Fsp3) is 0.750. The molecular formula is C20H35N7O. The molecule has 0 radical (unpaired) electrons. The number of fused-ring (bicyclic) bond motifs is 1. The molecule has 1 saturated heterocycles. The molecule has 1 fully saturated rings. The van der Waals surface area contributed by atoms with Crippen molar-refractivity contribution in [1.82, 2.24) is 14.9 Å². The normalized spacial score (nSPS) is 20.5. The van der Waals surface area contributed by atoms with Crippen LogP contribution in [-0.4, -0.2) is 59.5 Å². The number of nitrogens with zero attached hydrogens (tertiary/aromatic N) is 4.